The number of sulfonamides is 1. The molecule has 2 aromatic rings. The maximum Gasteiger partial charge on any atom is 0.244 e. The zero-order valence-corrected chi connectivity index (χ0v) is 15.9. The Balaban J connectivity index is 2.04. The van der Waals surface area contributed by atoms with E-state index >= 15 is 0 Å². The molecule has 0 unspecified atom stereocenters. The Kier molecular flexibility index (Phi) is 5.32. The van der Waals surface area contributed by atoms with Gasteiger partial charge in [0.05, 0.1) is 16.3 Å². The maximum absolute atomic E-state index is 13.3. The number of rotatable bonds is 5. The van der Waals surface area contributed by atoms with Crippen LogP contribution in [0.1, 0.15) is 30.5 Å². The fourth-order valence-electron chi connectivity index (χ4n) is 3.02. The van der Waals surface area contributed by atoms with Crippen LogP contribution < -0.4 is 0 Å². The number of aryl methyl sites for hydroxylation is 1. The van der Waals surface area contributed by atoms with Crippen molar-refractivity contribution in [2.45, 2.75) is 36.6 Å². The number of ketones is 1. The Bertz CT molecular complexity index is 848. The van der Waals surface area contributed by atoms with Gasteiger partial charge in [0, 0.05) is 12.2 Å². The molecule has 0 bridgehead atoms. The van der Waals surface area contributed by atoms with Crippen LogP contribution in [0.25, 0.3) is 0 Å². The third-order valence-corrected chi connectivity index (χ3v) is 7.63. The summed E-state index contributed by atoms with van der Waals surface area (Å²) in [7, 11) is -3.69. The third-order valence-electron chi connectivity index (χ3n) is 4.28. The summed E-state index contributed by atoms with van der Waals surface area (Å²) >= 11 is 1.53. The van der Waals surface area contributed by atoms with Crippen molar-refractivity contribution in [1.82, 2.24) is 4.31 Å². The zero-order valence-electron chi connectivity index (χ0n) is 14.3. The average molecular weight is 376 g/mol. The van der Waals surface area contributed by atoms with Gasteiger partial charge in [0.15, 0.2) is 0 Å². The van der Waals surface area contributed by atoms with Gasteiger partial charge in [0.2, 0.25) is 10.0 Å². The number of nitrogens with zero attached hydrogens (tertiary/aromatic N) is 1. The summed E-state index contributed by atoms with van der Waals surface area (Å²) in [5.74, 6) is 0.642. The first-order valence-corrected chi connectivity index (χ1v) is 10.6. The van der Waals surface area contributed by atoms with E-state index in [1.165, 1.54) is 23.0 Å². The van der Waals surface area contributed by atoms with Crippen molar-refractivity contribution < 1.29 is 13.2 Å². The van der Waals surface area contributed by atoms with E-state index in [2.05, 4.69) is 0 Å². The topological polar surface area (TPSA) is 54.5 Å². The van der Waals surface area contributed by atoms with Gasteiger partial charge in [-0.25, -0.2) is 8.42 Å². The minimum Gasteiger partial charge on any atom is -0.300 e. The first-order valence-electron chi connectivity index (χ1n) is 8.16. The molecule has 1 fully saturated rings. The van der Waals surface area contributed by atoms with Crippen LogP contribution in [0.3, 0.4) is 0 Å². The van der Waals surface area contributed by atoms with Gasteiger partial charge in [-0.05, 0) is 31.5 Å². The molecule has 2 aromatic carbocycles. The van der Waals surface area contributed by atoms with Gasteiger partial charge < -0.3 is 0 Å². The fourth-order valence-corrected chi connectivity index (χ4v) is 6.68. The normalized spacial score (nSPS) is 21.4. The molecular formula is C19H21NO3S2. The summed E-state index contributed by atoms with van der Waals surface area (Å²) in [6.45, 7) is 3.43. The lowest BCUT2D eigenvalue weighted by atomic mass is 10.1. The Labute approximate surface area is 153 Å². The van der Waals surface area contributed by atoms with E-state index in [0.29, 0.717) is 5.75 Å². The predicted molar refractivity (Wildman–Crippen MR) is 101 cm³/mol. The minimum atomic E-state index is -3.69. The smallest absolute Gasteiger partial charge is 0.244 e. The molecule has 0 radical (unpaired) electrons. The number of benzene rings is 2. The van der Waals surface area contributed by atoms with Crippen LogP contribution in [0, 0.1) is 6.92 Å². The van der Waals surface area contributed by atoms with E-state index in [1.807, 2.05) is 37.3 Å². The van der Waals surface area contributed by atoms with Gasteiger partial charge in [-0.1, -0.05) is 48.0 Å². The van der Waals surface area contributed by atoms with E-state index < -0.39 is 10.0 Å². The maximum atomic E-state index is 13.3. The van der Waals surface area contributed by atoms with E-state index in [9.17, 15) is 13.2 Å². The number of hydrogen-bond donors (Lipinski definition) is 0. The molecule has 0 N–H and O–H groups in total. The molecule has 1 aliphatic rings. The monoisotopic (exact) mass is 375 g/mol. The van der Waals surface area contributed by atoms with Crippen molar-refractivity contribution in [3.63, 3.8) is 0 Å². The van der Waals surface area contributed by atoms with Crippen molar-refractivity contribution in [3.8, 4) is 0 Å². The van der Waals surface area contributed by atoms with Gasteiger partial charge >= 0.3 is 0 Å². The highest BCUT2D eigenvalue weighted by molar-refractivity contribution is 8.01. The number of carbonyl (C=O) groups excluding carboxylic acids is 1. The summed E-state index contributed by atoms with van der Waals surface area (Å²) in [5, 5.41) is -0.367. The van der Waals surface area contributed by atoms with Crippen LogP contribution in [0.2, 0.25) is 0 Å². The van der Waals surface area contributed by atoms with Crippen molar-refractivity contribution in [2.24, 2.45) is 0 Å². The molecule has 1 heterocycles. The molecular weight excluding hydrogens is 354 g/mol. The van der Waals surface area contributed by atoms with Crippen LogP contribution in [0.5, 0.6) is 0 Å². The lowest BCUT2D eigenvalue weighted by Crippen LogP contribution is -2.37. The molecule has 3 rings (SSSR count). The van der Waals surface area contributed by atoms with Gasteiger partial charge in [-0.15, -0.1) is 11.8 Å². The lowest BCUT2D eigenvalue weighted by molar-refractivity contribution is -0.117. The molecule has 0 aromatic heterocycles. The number of hydrogen-bond acceptors (Lipinski definition) is 4. The van der Waals surface area contributed by atoms with E-state index in [0.717, 1.165) is 11.1 Å². The molecule has 25 heavy (non-hydrogen) atoms. The highest BCUT2D eigenvalue weighted by Gasteiger charge is 2.43. The summed E-state index contributed by atoms with van der Waals surface area (Å²) in [5.41, 5.74) is 1.96. The molecule has 0 saturated carbocycles. The molecule has 1 saturated heterocycles. The fraction of sp³-hybridized carbons (Fsp3) is 0.316. The largest absolute Gasteiger partial charge is 0.300 e. The third kappa shape index (κ3) is 3.81. The Morgan fingerprint density at radius 2 is 1.76 bits per heavy atom. The first-order chi connectivity index (χ1) is 11.9. The SMILES string of the molecule is CC(=O)C[C@@H]1SC[C@H](c2ccccc2)N1S(=O)(=O)c1ccc(C)cc1. The lowest BCUT2D eigenvalue weighted by Gasteiger charge is -2.28. The summed E-state index contributed by atoms with van der Waals surface area (Å²) in [4.78, 5) is 11.9. The molecule has 0 spiro atoms. The second kappa shape index (κ2) is 7.32. The Hall–Kier alpha value is -1.63. The molecule has 0 amide bonds. The van der Waals surface area contributed by atoms with Crippen LogP contribution in [-0.2, 0) is 14.8 Å². The minimum absolute atomic E-state index is 0.00434. The van der Waals surface area contributed by atoms with Crippen LogP contribution in [-0.4, -0.2) is 29.6 Å². The molecule has 1 aliphatic heterocycles. The molecule has 0 aliphatic carbocycles. The molecule has 2 atom stereocenters. The number of thioether (sulfide) groups is 1. The quantitative estimate of drug-likeness (QED) is 0.798. The molecule has 132 valence electrons. The van der Waals surface area contributed by atoms with Crippen molar-refractivity contribution in [2.75, 3.05) is 5.75 Å². The number of Topliss-reactive ketones (excluding diaryl/α,β-unsaturated/α-hetero) is 1. The van der Waals surface area contributed by atoms with Gasteiger partial charge in [0.1, 0.15) is 5.78 Å². The van der Waals surface area contributed by atoms with Crippen LogP contribution >= 0.6 is 11.8 Å². The van der Waals surface area contributed by atoms with Crippen LogP contribution in [0.4, 0.5) is 0 Å². The summed E-state index contributed by atoms with van der Waals surface area (Å²) in [6, 6.07) is 16.2. The first kappa shape index (κ1) is 18.2. The van der Waals surface area contributed by atoms with E-state index in [-0.39, 0.29) is 28.5 Å². The summed E-state index contributed by atoms with van der Waals surface area (Å²) < 4.78 is 28.2. The van der Waals surface area contributed by atoms with Crippen molar-refractivity contribution in [1.29, 1.82) is 0 Å². The summed E-state index contributed by atoms with van der Waals surface area (Å²) in [6.07, 6.45) is 0.221. The standard InChI is InChI=1S/C19H21NO3S2/c1-14-8-10-17(11-9-14)25(22,23)20-18(16-6-4-3-5-7-16)13-24-19(20)12-15(2)21/h3-11,18-19H,12-13H2,1-2H3/t18-,19+/m1/s1. The second-order valence-corrected chi connectivity index (χ2v) is 9.32. The van der Waals surface area contributed by atoms with E-state index in [4.69, 9.17) is 0 Å². The number of carbonyl (C=O) groups is 1. The van der Waals surface area contributed by atoms with Gasteiger partial charge in [-0.3, -0.25) is 4.79 Å². The van der Waals surface area contributed by atoms with Gasteiger partial charge in [0.25, 0.3) is 0 Å². The highest BCUT2D eigenvalue weighted by Crippen LogP contribution is 2.43. The zero-order chi connectivity index (χ0) is 18.0. The van der Waals surface area contributed by atoms with Crippen molar-refractivity contribution in [3.05, 3.63) is 65.7 Å². The Morgan fingerprint density at radius 3 is 2.36 bits per heavy atom. The Morgan fingerprint density at radius 1 is 1.12 bits per heavy atom. The van der Waals surface area contributed by atoms with Crippen molar-refractivity contribution >= 4 is 27.6 Å². The molecule has 6 heteroatoms. The predicted octanol–water partition coefficient (Wildman–Crippen LogP) is 3.78. The highest BCUT2D eigenvalue weighted by atomic mass is 32.2. The van der Waals surface area contributed by atoms with E-state index in [1.54, 1.807) is 24.3 Å². The molecule has 4 nitrogen and oxygen atoms in total. The average Bonchev–Trinajstić information content (AvgIpc) is 2.99. The van der Waals surface area contributed by atoms with Gasteiger partial charge in [-0.2, -0.15) is 4.31 Å². The second-order valence-electron chi connectivity index (χ2n) is 6.27. The van der Waals surface area contributed by atoms with Crippen LogP contribution in [0.15, 0.2) is 59.5 Å².